The molecule has 1 aromatic rings. The van der Waals surface area contributed by atoms with Crippen molar-refractivity contribution >= 4 is 15.5 Å². The molecule has 114 valence electrons. The minimum atomic E-state index is -3.18. The van der Waals surface area contributed by atoms with Crippen LogP contribution in [-0.2, 0) is 9.84 Å². The first-order valence-corrected chi connectivity index (χ1v) is 7.84. The standard InChI is InChI=1S/C12H17F2NO4S/c1-8(7-20(3,16)17)15-10-6-9(18-2)4-5-11(10)19-12(13)14/h4-6,8,12,15H,7H2,1-3H3. The summed E-state index contributed by atoms with van der Waals surface area (Å²) in [4.78, 5) is 0. The van der Waals surface area contributed by atoms with E-state index in [0.717, 1.165) is 6.26 Å². The molecule has 0 amide bonds. The van der Waals surface area contributed by atoms with Crippen molar-refractivity contribution in [3.8, 4) is 11.5 Å². The highest BCUT2D eigenvalue weighted by Gasteiger charge is 2.15. The van der Waals surface area contributed by atoms with Gasteiger partial charge in [-0.15, -0.1) is 0 Å². The molecule has 0 bridgehead atoms. The van der Waals surface area contributed by atoms with Gasteiger partial charge in [0.25, 0.3) is 0 Å². The predicted octanol–water partition coefficient (Wildman–Crippen LogP) is 2.14. The fourth-order valence-electron chi connectivity index (χ4n) is 1.71. The fraction of sp³-hybridized carbons (Fsp3) is 0.500. The van der Waals surface area contributed by atoms with Gasteiger partial charge in [-0.05, 0) is 19.1 Å². The first-order valence-electron chi connectivity index (χ1n) is 5.78. The lowest BCUT2D eigenvalue weighted by atomic mass is 10.2. The third-order valence-corrected chi connectivity index (χ3v) is 3.46. The Morgan fingerprint density at radius 1 is 1.35 bits per heavy atom. The van der Waals surface area contributed by atoms with Crippen LogP contribution >= 0.6 is 0 Å². The van der Waals surface area contributed by atoms with Crippen molar-refractivity contribution in [2.75, 3.05) is 24.4 Å². The van der Waals surface area contributed by atoms with E-state index in [1.807, 2.05) is 0 Å². The summed E-state index contributed by atoms with van der Waals surface area (Å²) in [5, 5.41) is 2.83. The lowest BCUT2D eigenvalue weighted by Gasteiger charge is -2.18. The van der Waals surface area contributed by atoms with Gasteiger partial charge in [0.15, 0.2) is 0 Å². The molecule has 1 atom stereocenters. The summed E-state index contributed by atoms with van der Waals surface area (Å²) < 4.78 is 56.4. The molecular weight excluding hydrogens is 292 g/mol. The quantitative estimate of drug-likeness (QED) is 0.836. The van der Waals surface area contributed by atoms with Crippen molar-refractivity contribution in [2.45, 2.75) is 19.6 Å². The molecule has 20 heavy (non-hydrogen) atoms. The van der Waals surface area contributed by atoms with Crippen LogP contribution in [0.3, 0.4) is 0 Å². The summed E-state index contributed by atoms with van der Waals surface area (Å²) in [6.07, 6.45) is 1.10. The average molecular weight is 309 g/mol. The molecule has 1 rings (SSSR count). The van der Waals surface area contributed by atoms with Gasteiger partial charge in [0.1, 0.15) is 21.3 Å². The molecule has 0 aromatic heterocycles. The highest BCUT2D eigenvalue weighted by molar-refractivity contribution is 7.90. The first-order chi connectivity index (χ1) is 9.21. The molecule has 0 aliphatic heterocycles. The zero-order chi connectivity index (χ0) is 15.3. The Bertz CT molecular complexity index is 548. The van der Waals surface area contributed by atoms with Crippen LogP contribution in [0.1, 0.15) is 6.92 Å². The number of hydrogen-bond donors (Lipinski definition) is 1. The number of halogens is 2. The molecule has 1 unspecified atom stereocenters. The number of hydrogen-bond acceptors (Lipinski definition) is 5. The summed E-state index contributed by atoms with van der Waals surface area (Å²) in [6, 6.07) is 3.82. The van der Waals surface area contributed by atoms with Gasteiger partial charge in [-0.1, -0.05) is 0 Å². The van der Waals surface area contributed by atoms with Gasteiger partial charge in [0.05, 0.1) is 18.6 Å². The fourth-order valence-corrected chi connectivity index (χ4v) is 2.70. The minimum absolute atomic E-state index is 0.0684. The smallest absolute Gasteiger partial charge is 0.387 e. The molecule has 0 aliphatic rings. The van der Waals surface area contributed by atoms with Gasteiger partial charge >= 0.3 is 6.61 Å². The van der Waals surface area contributed by atoms with Gasteiger partial charge in [0, 0.05) is 18.4 Å². The van der Waals surface area contributed by atoms with E-state index in [0.29, 0.717) is 5.75 Å². The Hall–Kier alpha value is -1.57. The van der Waals surface area contributed by atoms with Crippen molar-refractivity contribution in [3.63, 3.8) is 0 Å². The zero-order valence-corrected chi connectivity index (χ0v) is 12.2. The highest BCUT2D eigenvalue weighted by atomic mass is 32.2. The maximum absolute atomic E-state index is 12.3. The van der Waals surface area contributed by atoms with Crippen LogP contribution < -0.4 is 14.8 Å². The number of anilines is 1. The van der Waals surface area contributed by atoms with E-state index in [4.69, 9.17) is 4.74 Å². The van der Waals surface area contributed by atoms with E-state index in [1.165, 1.54) is 25.3 Å². The normalized spacial score (nSPS) is 13.1. The maximum atomic E-state index is 12.3. The molecule has 0 spiro atoms. The molecule has 1 N–H and O–H groups in total. The van der Waals surface area contributed by atoms with E-state index in [1.54, 1.807) is 6.92 Å². The third-order valence-electron chi connectivity index (χ3n) is 2.36. The van der Waals surface area contributed by atoms with Crippen LogP contribution in [0.5, 0.6) is 11.5 Å². The minimum Gasteiger partial charge on any atom is -0.497 e. The summed E-state index contributed by atoms with van der Waals surface area (Å²) in [6.45, 7) is -1.33. The van der Waals surface area contributed by atoms with Gasteiger partial charge in [0.2, 0.25) is 0 Å². The number of sulfone groups is 1. The van der Waals surface area contributed by atoms with E-state index >= 15 is 0 Å². The molecule has 1 aromatic carbocycles. The second kappa shape index (κ2) is 6.74. The van der Waals surface area contributed by atoms with E-state index in [-0.39, 0.29) is 17.2 Å². The Kier molecular flexibility index (Phi) is 5.55. The van der Waals surface area contributed by atoms with Crippen molar-refractivity contribution in [3.05, 3.63) is 18.2 Å². The van der Waals surface area contributed by atoms with Crippen molar-refractivity contribution in [1.82, 2.24) is 0 Å². The zero-order valence-electron chi connectivity index (χ0n) is 11.4. The topological polar surface area (TPSA) is 64.6 Å². The number of methoxy groups -OCH3 is 1. The molecule has 8 heteroatoms. The van der Waals surface area contributed by atoms with E-state index in [2.05, 4.69) is 10.1 Å². The summed E-state index contributed by atoms with van der Waals surface area (Å²) in [7, 11) is -1.74. The molecule has 0 heterocycles. The molecule has 0 saturated carbocycles. The van der Waals surface area contributed by atoms with Crippen LogP contribution in [0.4, 0.5) is 14.5 Å². The van der Waals surface area contributed by atoms with Crippen molar-refractivity contribution in [2.24, 2.45) is 0 Å². The molecule has 0 fully saturated rings. The van der Waals surface area contributed by atoms with Gasteiger partial charge < -0.3 is 14.8 Å². The van der Waals surface area contributed by atoms with Crippen LogP contribution in [-0.4, -0.2) is 40.2 Å². The molecular formula is C12H17F2NO4S. The van der Waals surface area contributed by atoms with Crippen LogP contribution in [0, 0.1) is 0 Å². The van der Waals surface area contributed by atoms with Crippen LogP contribution in [0.15, 0.2) is 18.2 Å². The lowest BCUT2D eigenvalue weighted by molar-refractivity contribution is -0.0494. The number of rotatable bonds is 7. The Morgan fingerprint density at radius 2 is 2.00 bits per heavy atom. The number of benzene rings is 1. The van der Waals surface area contributed by atoms with E-state index < -0.39 is 22.5 Å². The number of alkyl halides is 2. The molecule has 0 aliphatic carbocycles. The largest absolute Gasteiger partial charge is 0.497 e. The van der Waals surface area contributed by atoms with E-state index in [9.17, 15) is 17.2 Å². The van der Waals surface area contributed by atoms with Crippen LogP contribution in [0.25, 0.3) is 0 Å². The van der Waals surface area contributed by atoms with Crippen LogP contribution in [0.2, 0.25) is 0 Å². The second-order valence-electron chi connectivity index (χ2n) is 4.38. The first kappa shape index (κ1) is 16.5. The van der Waals surface area contributed by atoms with Crippen molar-refractivity contribution < 1.29 is 26.7 Å². The average Bonchev–Trinajstić information content (AvgIpc) is 2.28. The molecule has 0 saturated heterocycles. The monoisotopic (exact) mass is 309 g/mol. The second-order valence-corrected chi connectivity index (χ2v) is 6.56. The molecule has 5 nitrogen and oxygen atoms in total. The highest BCUT2D eigenvalue weighted by Crippen LogP contribution is 2.31. The van der Waals surface area contributed by atoms with Gasteiger partial charge in [-0.3, -0.25) is 0 Å². The van der Waals surface area contributed by atoms with Gasteiger partial charge in [-0.25, -0.2) is 8.42 Å². The molecule has 0 radical (unpaired) electrons. The summed E-state index contributed by atoms with van der Waals surface area (Å²) in [5.41, 5.74) is 0.251. The maximum Gasteiger partial charge on any atom is 0.387 e. The summed E-state index contributed by atoms with van der Waals surface area (Å²) >= 11 is 0. The van der Waals surface area contributed by atoms with Crippen molar-refractivity contribution in [1.29, 1.82) is 0 Å². The Balaban J connectivity index is 2.94. The Labute approximate surface area is 116 Å². The number of nitrogens with one attached hydrogen (secondary N) is 1. The lowest BCUT2D eigenvalue weighted by Crippen LogP contribution is -2.25. The SMILES string of the molecule is COc1ccc(OC(F)F)c(NC(C)CS(C)(=O)=O)c1. The third kappa shape index (κ3) is 5.60. The number of ether oxygens (including phenoxy) is 2. The summed E-state index contributed by atoms with van der Waals surface area (Å²) in [5.74, 6) is 0.250. The predicted molar refractivity (Wildman–Crippen MR) is 72.4 cm³/mol. The Morgan fingerprint density at radius 3 is 2.50 bits per heavy atom. The van der Waals surface area contributed by atoms with Gasteiger partial charge in [-0.2, -0.15) is 8.78 Å².